The SMILES string of the molecule is CC(C)(C)c1cc(CC(N)=S)n(-c2ccccc2)n1. The third-order valence-corrected chi connectivity index (χ3v) is 3.05. The lowest BCUT2D eigenvalue weighted by molar-refractivity contribution is 0.560. The molecule has 2 aromatic rings. The molecule has 100 valence electrons. The van der Waals surface area contributed by atoms with E-state index in [4.69, 9.17) is 23.1 Å². The summed E-state index contributed by atoms with van der Waals surface area (Å²) in [6.07, 6.45) is 0.563. The van der Waals surface area contributed by atoms with Crippen molar-refractivity contribution in [3.63, 3.8) is 0 Å². The Morgan fingerprint density at radius 1 is 1.26 bits per heavy atom. The van der Waals surface area contributed by atoms with Crippen molar-refractivity contribution in [3.8, 4) is 5.69 Å². The van der Waals surface area contributed by atoms with Gasteiger partial charge in [0, 0.05) is 11.8 Å². The molecule has 0 saturated heterocycles. The minimum absolute atomic E-state index is 0.00496. The van der Waals surface area contributed by atoms with Crippen LogP contribution in [0, 0.1) is 0 Å². The van der Waals surface area contributed by atoms with Gasteiger partial charge in [-0.05, 0) is 18.2 Å². The number of aromatic nitrogens is 2. The van der Waals surface area contributed by atoms with Gasteiger partial charge < -0.3 is 5.73 Å². The number of nitrogens with two attached hydrogens (primary N) is 1. The smallest absolute Gasteiger partial charge is 0.0787 e. The van der Waals surface area contributed by atoms with Gasteiger partial charge in [0.05, 0.1) is 22.1 Å². The zero-order chi connectivity index (χ0) is 14.0. The highest BCUT2D eigenvalue weighted by molar-refractivity contribution is 7.80. The van der Waals surface area contributed by atoms with Crippen LogP contribution in [-0.4, -0.2) is 14.8 Å². The van der Waals surface area contributed by atoms with E-state index in [0.29, 0.717) is 11.4 Å². The molecule has 0 bridgehead atoms. The molecule has 0 fully saturated rings. The van der Waals surface area contributed by atoms with Crippen molar-refractivity contribution in [1.82, 2.24) is 9.78 Å². The topological polar surface area (TPSA) is 43.8 Å². The first kappa shape index (κ1) is 13.7. The van der Waals surface area contributed by atoms with Crippen molar-refractivity contribution in [1.29, 1.82) is 0 Å². The average molecular weight is 273 g/mol. The standard InChI is InChI=1S/C15H19N3S/c1-15(2,3)13-9-12(10-14(16)19)18(17-13)11-7-5-4-6-8-11/h4-9H,10H2,1-3H3,(H2,16,19). The highest BCUT2D eigenvalue weighted by Crippen LogP contribution is 2.23. The van der Waals surface area contributed by atoms with Crippen molar-refractivity contribution < 1.29 is 0 Å². The molecule has 19 heavy (non-hydrogen) atoms. The summed E-state index contributed by atoms with van der Waals surface area (Å²) in [5.74, 6) is 0. The molecule has 0 aliphatic rings. The number of thiocarbonyl (C=S) groups is 1. The van der Waals surface area contributed by atoms with Gasteiger partial charge in [0.2, 0.25) is 0 Å². The van der Waals surface area contributed by atoms with Crippen LogP contribution in [0.1, 0.15) is 32.2 Å². The summed E-state index contributed by atoms with van der Waals surface area (Å²) < 4.78 is 1.93. The Kier molecular flexibility index (Phi) is 3.71. The first-order valence-electron chi connectivity index (χ1n) is 6.31. The van der Waals surface area contributed by atoms with Crippen LogP contribution >= 0.6 is 12.2 Å². The zero-order valence-corrected chi connectivity index (χ0v) is 12.4. The number of para-hydroxylation sites is 1. The second-order valence-corrected chi connectivity index (χ2v) is 6.19. The molecular formula is C15H19N3S. The molecule has 1 aromatic heterocycles. The lowest BCUT2D eigenvalue weighted by Gasteiger charge is -2.14. The van der Waals surface area contributed by atoms with Crippen LogP contribution in [0.25, 0.3) is 5.69 Å². The van der Waals surface area contributed by atoms with Gasteiger partial charge in [-0.15, -0.1) is 0 Å². The number of hydrogen-bond donors (Lipinski definition) is 1. The van der Waals surface area contributed by atoms with Crippen molar-refractivity contribution in [2.75, 3.05) is 0 Å². The Morgan fingerprint density at radius 2 is 1.89 bits per heavy atom. The fourth-order valence-corrected chi connectivity index (χ4v) is 2.03. The zero-order valence-electron chi connectivity index (χ0n) is 11.6. The van der Waals surface area contributed by atoms with Crippen LogP contribution in [0.5, 0.6) is 0 Å². The summed E-state index contributed by atoms with van der Waals surface area (Å²) in [5, 5.41) is 4.71. The highest BCUT2D eigenvalue weighted by Gasteiger charge is 2.20. The van der Waals surface area contributed by atoms with Crippen molar-refractivity contribution in [2.24, 2.45) is 5.73 Å². The minimum Gasteiger partial charge on any atom is -0.393 e. The van der Waals surface area contributed by atoms with Gasteiger partial charge in [0.15, 0.2) is 0 Å². The quantitative estimate of drug-likeness (QED) is 0.874. The van der Waals surface area contributed by atoms with E-state index in [1.165, 1.54) is 0 Å². The maximum atomic E-state index is 5.68. The van der Waals surface area contributed by atoms with Crippen LogP contribution in [0.2, 0.25) is 0 Å². The van der Waals surface area contributed by atoms with E-state index in [-0.39, 0.29) is 5.41 Å². The Hall–Kier alpha value is -1.68. The van der Waals surface area contributed by atoms with Gasteiger partial charge in [-0.3, -0.25) is 0 Å². The summed E-state index contributed by atoms with van der Waals surface area (Å²) in [6, 6.07) is 12.1. The van der Waals surface area contributed by atoms with Crippen molar-refractivity contribution >= 4 is 17.2 Å². The Bertz CT molecular complexity index is 579. The number of rotatable bonds is 3. The van der Waals surface area contributed by atoms with Crippen LogP contribution in [0.3, 0.4) is 0 Å². The van der Waals surface area contributed by atoms with Crippen LogP contribution < -0.4 is 5.73 Å². The van der Waals surface area contributed by atoms with E-state index in [9.17, 15) is 0 Å². The van der Waals surface area contributed by atoms with E-state index in [1.54, 1.807) is 0 Å². The van der Waals surface area contributed by atoms with Crippen LogP contribution in [-0.2, 0) is 11.8 Å². The lowest BCUT2D eigenvalue weighted by Crippen LogP contribution is -2.14. The third kappa shape index (κ3) is 3.20. The average Bonchev–Trinajstić information content (AvgIpc) is 2.73. The van der Waals surface area contributed by atoms with Gasteiger partial charge in [-0.2, -0.15) is 5.10 Å². The maximum absolute atomic E-state index is 5.68. The van der Waals surface area contributed by atoms with Crippen LogP contribution in [0.15, 0.2) is 36.4 Å². The van der Waals surface area contributed by atoms with E-state index in [0.717, 1.165) is 17.1 Å². The fourth-order valence-electron chi connectivity index (χ4n) is 1.88. The predicted molar refractivity (Wildman–Crippen MR) is 82.8 cm³/mol. The molecule has 1 aromatic carbocycles. The molecule has 0 spiro atoms. The van der Waals surface area contributed by atoms with E-state index < -0.39 is 0 Å². The molecule has 0 aliphatic carbocycles. The summed E-state index contributed by atoms with van der Waals surface area (Å²) >= 11 is 5.03. The Labute approximate surface area is 119 Å². The first-order chi connectivity index (χ1) is 8.88. The summed E-state index contributed by atoms with van der Waals surface area (Å²) in [6.45, 7) is 6.44. The molecule has 1 heterocycles. The molecule has 3 nitrogen and oxygen atoms in total. The van der Waals surface area contributed by atoms with Crippen molar-refractivity contribution in [2.45, 2.75) is 32.6 Å². The van der Waals surface area contributed by atoms with Gasteiger partial charge in [-0.1, -0.05) is 51.2 Å². The molecule has 0 unspecified atom stereocenters. The van der Waals surface area contributed by atoms with Gasteiger partial charge in [0.1, 0.15) is 0 Å². The van der Waals surface area contributed by atoms with Crippen LogP contribution in [0.4, 0.5) is 0 Å². The highest BCUT2D eigenvalue weighted by atomic mass is 32.1. The molecule has 2 rings (SSSR count). The third-order valence-electron chi connectivity index (χ3n) is 2.91. The predicted octanol–water partition coefficient (Wildman–Crippen LogP) is 3.00. The minimum atomic E-state index is 0.00496. The van der Waals surface area contributed by atoms with Gasteiger partial charge in [-0.25, -0.2) is 4.68 Å². The maximum Gasteiger partial charge on any atom is 0.0787 e. The second-order valence-electron chi connectivity index (χ2n) is 5.66. The molecule has 0 amide bonds. The second kappa shape index (κ2) is 5.13. The van der Waals surface area contributed by atoms with E-state index in [2.05, 4.69) is 26.8 Å². The number of benzene rings is 1. The Balaban J connectivity index is 2.52. The normalized spacial score (nSPS) is 11.5. The monoisotopic (exact) mass is 273 g/mol. The fraction of sp³-hybridized carbons (Fsp3) is 0.333. The summed E-state index contributed by atoms with van der Waals surface area (Å²) in [4.78, 5) is 0.484. The Morgan fingerprint density at radius 3 is 2.42 bits per heavy atom. The largest absolute Gasteiger partial charge is 0.393 e. The first-order valence-corrected chi connectivity index (χ1v) is 6.72. The molecule has 0 atom stereocenters. The summed E-state index contributed by atoms with van der Waals surface area (Å²) in [7, 11) is 0. The molecule has 0 saturated carbocycles. The molecular weight excluding hydrogens is 254 g/mol. The number of hydrogen-bond acceptors (Lipinski definition) is 2. The van der Waals surface area contributed by atoms with E-state index >= 15 is 0 Å². The molecule has 0 aliphatic heterocycles. The van der Waals surface area contributed by atoms with E-state index in [1.807, 2.05) is 35.0 Å². The molecule has 4 heteroatoms. The summed E-state index contributed by atoms with van der Waals surface area (Å²) in [5.41, 5.74) is 8.79. The lowest BCUT2D eigenvalue weighted by atomic mass is 9.92. The van der Waals surface area contributed by atoms with Gasteiger partial charge >= 0.3 is 0 Å². The number of nitrogens with zero attached hydrogens (tertiary/aromatic N) is 2. The molecule has 2 N–H and O–H groups in total. The van der Waals surface area contributed by atoms with Gasteiger partial charge in [0.25, 0.3) is 0 Å². The van der Waals surface area contributed by atoms with Crippen molar-refractivity contribution in [3.05, 3.63) is 47.8 Å². The molecule has 0 radical (unpaired) electrons.